The molecule has 7 nitrogen and oxygen atoms in total. The Kier molecular flexibility index (Phi) is 6.82. The summed E-state index contributed by atoms with van der Waals surface area (Å²) in [5.74, 6) is -0.594. The molecule has 164 valence electrons. The number of nitrogens with zero attached hydrogens (tertiary/aromatic N) is 2. The lowest BCUT2D eigenvalue weighted by Gasteiger charge is -2.27. The number of benzene rings is 1. The molecule has 0 amide bonds. The molecule has 3 aromatic rings. The van der Waals surface area contributed by atoms with Crippen molar-refractivity contribution in [2.24, 2.45) is 7.05 Å². The number of morpholine rings is 1. The number of aromatic hydroxyl groups is 1. The van der Waals surface area contributed by atoms with Gasteiger partial charge in [-0.15, -0.1) is 11.3 Å². The Morgan fingerprint density at radius 1 is 1.23 bits per heavy atom. The molecule has 0 saturated carbocycles. The molecule has 0 aliphatic carbocycles. The third kappa shape index (κ3) is 4.72. The molecule has 1 saturated heterocycles. The highest BCUT2D eigenvalue weighted by atomic mass is 32.1. The normalized spacial score (nSPS) is 15.9. The van der Waals surface area contributed by atoms with Crippen LogP contribution in [0.15, 0.2) is 46.6 Å². The van der Waals surface area contributed by atoms with Crippen LogP contribution >= 0.6 is 11.3 Å². The maximum absolute atomic E-state index is 13.2. The van der Waals surface area contributed by atoms with Crippen LogP contribution in [-0.4, -0.2) is 59.7 Å². The van der Waals surface area contributed by atoms with Crippen LogP contribution in [0.1, 0.15) is 27.7 Å². The minimum absolute atomic E-state index is 0.102. The number of ether oxygens (including phenoxy) is 1. The van der Waals surface area contributed by atoms with Crippen molar-refractivity contribution in [1.82, 2.24) is 14.8 Å². The monoisotopic (exact) mass is 441 g/mol. The molecule has 0 radical (unpaired) electrons. The Balaban J connectivity index is 1.54. The second-order valence-electron chi connectivity index (χ2n) is 7.71. The molecule has 1 unspecified atom stereocenters. The number of ketones is 1. The average Bonchev–Trinajstić information content (AvgIpc) is 3.33. The summed E-state index contributed by atoms with van der Waals surface area (Å²) in [4.78, 5) is 29.5. The minimum Gasteiger partial charge on any atom is -0.506 e. The molecule has 3 heterocycles. The van der Waals surface area contributed by atoms with Crippen LogP contribution in [0.5, 0.6) is 5.75 Å². The van der Waals surface area contributed by atoms with Gasteiger partial charge >= 0.3 is 0 Å². The summed E-state index contributed by atoms with van der Waals surface area (Å²) in [6.07, 6.45) is 0.102. The van der Waals surface area contributed by atoms with Gasteiger partial charge in [0.2, 0.25) is 0 Å². The van der Waals surface area contributed by atoms with Gasteiger partial charge in [0.25, 0.3) is 5.56 Å². The van der Waals surface area contributed by atoms with Gasteiger partial charge in [-0.2, -0.15) is 0 Å². The molecular formula is C23H27N3O4S. The zero-order chi connectivity index (χ0) is 21.8. The van der Waals surface area contributed by atoms with Gasteiger partial charge in [0, 0.05) is 56.0 Å². The summed E-state index contributed by atoms with van der Waals surface area (Å²) in [7, 11) is 1.62. The standard InChI is InChI=1S/C23H27N3O4S/c1-25-18-6-3-2-5-16(18)22(28)21(23(25)29)19(27)15-17(20-7-4-14-31-20)24-8-9-26-10-12-30-13-11-26/h2-7,14,17,24,28H,8-13,15H2,1H3. The van der Waals surface area contributed by atoms with Crippen molar-refractivity contribution in [3.05, 3.63) is 62.6 Å². The van der Waals surface area contributed by atoms with Crippen molar-refractivity contribution < 1.29 is 14.6 Å². The van der Waals surface area contributed by atoms with E-state index in [1.54, 1.807) is 42.6 Å². The SMILES string of the molecule is Cn1c(=O)c(C(=O)CC(NCCN2CCOCC2)c2cccs2)c(O)c2ccccc21. The summed E-state index contributed by atoms with van der Waals surface area (Å²) in [5, 5.41) is 16.7. The van der Waals surface area contributed by atoms with Gasteiger partial charge in [-0.25, -0.2) is 0 Å². The number of rotatable bonds is 8. The number of hydrogen-bond donors (Lipinski definition) is 2. The Hall–Kier alpha value is -2.52. The number of Topliss-reactive ketones (excluding diaryl/α,β-unsaturated/α-hetero) is 1. The van der Waals surface area contributed by atoms with Crippen LogP contribution in [0.4, 0.5) is 0 Å². The van der Waals surface area contributed by atoms with Crippen molar-refractivity contribution in [1.29, 1.82) is 0 Å². The van der Waals surface area contributed by atoms with Gasteiger partial charge in [0.05, 0.1) is 18.7 Å². The number of para-hydroxylation sites is 1. The van der Waals surface area contributed by atoms with Crippen LogP contribution in [0.3, 0.4) is 0 Å². The molecule has 2 N–H and O–H groups in total. The maximum Gasteiger partial charge on any atom is 0.265 e. The third-order valence-electron chi connectivity index (χ3n) is 5.75. The molecule has 1 aliphatic rings. The molecule has 1 aromatic carbocycles. The first kappa shape index (κ1) is 21.7. The first-order valence-electron chi connectivity index (χ1n) is 10.5. The van der Waals surface area contributed by atoms with Crippen molar-refractivity contribution in [2.45, 2.75) is 12.5 Å². The number of fused-ring (bicyclic) bond motifs is 1. The Morgan fingerprint density at radius 2 is 2.00 bits per heavy atom. The smallest absolute Gasteiger partial charge is 0.265 e. The van der Waals surface area contributed by atoms with Gasteiger partial charge < -0.3 is 19.7 Å². The van der Waals surface area contributed by atoms with Crippen LogP contribution in [-0.2, 0) is 11.8 Å². The van der Waals surface area contributed by atoms with Crippen molar-refractivity contribution in [3.63, 3.8) is 0 Å². The highest BCUT2D eigenvalue weighted by Crippen LogP contribution is 2.29. The second kappa shape index (κ2) is 9.74. The van der Waals surface area contributed by atoms with E-state index >= 15 is 0 Å². The fourth-order valence-electron chi connectivity index (χ4n) is 4.00. The van der Waals surface area contributed by atoms with Crippen molar-refractivity contribution >= 4 is 28.0 Å². The van der Waals surface area contributed by atoms with E-state index in [4.69, 9.17) is 4.74 Å². The molecule has 0 bridgehead atoms. The molecule has 31 heavy (non-hydrogen) atoms. The van der Waals surface area contributed by atoms with E-state index in [2.05, 4.69) is 10.2 Å². The summed E-state index contributed by atoms with van der Waals surface area (Å²) in [6.45, 7) is 4.89. The van der Waals surface area contributed by atoms with Gasteiger partial charge in [-0.3, -0.25) is 14.5 Å². The van der Waals surface area contributed by atoms with Crippen LogP contribution in [0, 0.1) is 0 Å². The lowest BCUT2D eigenvalue weighted by molar-refractivity contribution is 0.0381. The largest absolute Gasteiger partial charge is 0.506 e. The number of aromatic nitrogens is 1. The van der Waals surface area contributed by atoms with Crippen LogP contribution in [0.2, 0.25) is 0 Å². The quantitative estimate of drug-likeness (QED) is 0.523. The number of thiophene rings is 1. The molecular weight excluding hydrogens is 414 g/mol. The zero-order valence-electron chi connectivity index (χ0n) is 17.5. The summed E-state index contributed by atoms with van der Waals surface area (Å²) in [5.41, 5.74) is -0.0165. The fourth-order valence-corrected chi connectivity index (χ4v) is 4.81. The van der Waals surface area contributed by atoms with Gasteiger partial charge in [0.15, 0.2) is 5.78 Å². The number of carbonyl (C=O) groups excluding carboxylic acids is 1. The molecule has 8 heteroatoms. The van der Waals surface area contributed by atoms with E-state index in [1.807, 2.05) is 17.5 Å². The van der Waals surface area contributed by atoms with E-state index in [1.165, 1.54) is 4.57 Å². The van der Waals surface area contributed by atoms with Crippen LogP contribution in [0.25, 0.3) is 10.9 Å². The zero-order valence-corrected chi connectivity index (χ0v) is 18.4. The van der Waals surface area contributed by atoms with E-state index in [0.29, 0.717) is 10.9 Å². The van der Waals surface area contributed by atoms with Gasteiger partial charge in [-0.05, 0) is 23.6 Å². The number of aryl methyl sites for hydroxylation is 1. The van der Waals surface area contributed by atoms with Crippen LogP contribution < -0.4 is 10.9 Å². The third-order valence-corrected chi connectivity index (χ3v) is 6.74. The van der Waals surface area contributed by atoms with E-state index in [9.17, 15) is 14.7 Å². The molecule has 4 rings (SSSR count). The van der Waals surface area contributed by atoms with Gasteiger partial charge in [-0.1, -0.05) is 18.2 Å². The Labute approximate surface area is 184 Å². The minimum atomic E-state index is -0.473. The lowest BCUT2D eigenvalue weighted by Crippen LogP contribution is -2.41. The molecule has 1 atom stereocenters. The predicted octanol–water partition coefficient (Wildman–Crippen LogP) is 2.54. The molecule has 1 fully saturated rings. The topological polar surface area (TPSA) is 83.8 Å². The second-order valence-corrected chi connectivity index (χ2v) is 8.69. The van der Waals surface area contributed by atoms with E-state index in [0.717, 1.165) is 44.3 Å². The van der Waals surface area contributed by atoms with E-state index in [-0.39, 0.29) is 29.6 Å². The molecule has 0 spiro atoms. The fraction of sp³-hybridized carbons (Fsp3) is 0.391. The predicted molar refractivity (Wildman–Crippen MR) is 122 cm³/mol. The summed E-state index contributed by atoms with van der Waals surface area (Å²) in [6, 6.07) is 10.8. The highest BCUT2D eigenvalue weighted by molar-refractivity contribution is 7.10. The summed E-state index contributed by atoms with van der Waals surface area (Å²) >= 11 is 1.57. The summed E-state index contributed by atoms with van der Waals surface area (Å²) < 4.78 is 6.81. The number of pyridine rings is 1. The lowest BCUT2D eigenvalue weighted by atomic mass is 10.0. The number of hydrogen-bond acceptors (Lipinski definition) is 7. The van der Waals surface area contributed by atoms with Crippen molar-refractivity contribution in [2.75, 3.05) is 39.4 Å². The number of carbonyl (C=O) groups is 1. The first-order valence-corrected chi connectivity index (χ1v) is 11.3. The molecule has 1 aliphatic heterocycles. The van der Waals surface area contributed by atoms with Crippen molar-refractivity contribution in [3.8, 4) is 5.75 Å². The average molecular weight is 442 g/mol. The van der Waals surface area contributed by atoms with E-state index < -0.39 is 5.56 Å². The molecule has 2 aromatic heterocycles. The Morgan fingerprint density at radius 3 is 2.74 bits per heavy atom. The first-order chi connectivity index (χ1) is 15.1. The Bertz CT molecular complexity index is 1100. The number of nitrogens with one attached hydrogen (secondary N) is 1. The highest BCUT2D eigenvalue weighted by Gasteiger charge is 2.25. The van der Waals surface area contributed by atoms with Gasteiger partial charge in [0.1, 0.15) is 11.3 Å². The maximum atomic E-state index is 13.2.